The summed E-state index contributed by atoms with van der Waals surface area (Å²) in [4.78, 5) is 25.8. The van der Waals surface area contributed by atoms with Gasteiger partial charge in [-0.2, -0.15) is 0 Å². The van der Waals surface area contributed by atoms with Gasteiger partial charge in [-0.25, -0.2) is 9.97 Å². The average Bonchev–Trinajstić information content (AvgIpc) is 2.74. The number of hydrogen-bond acceptors (Lipinski definition) is 6. The third kappa shape index (κ3) is 5.23. The summed E-state index contributed by atoms with van der Waals surface area (Å²) in [6.45, 7) is 0.560. The van der Waals surface area contributed by atoms with Crippen LogP contribution in [-0.2, 0) is 16.0 Å². The van der Waals surface area contributed by atoms with E-state index in [9.17, 15) is 4.79 Å². The Labute approximate surface area is 160 Å². The van der Waals surface area contributed by atoms with Gasteiger partial charge in [0.25, 0.3) is 0 Å². The molecule has 7 nitrogen and oxygen atoms in total. The molecule has 0 atom stereocenters. The van der Waals surface area contributed by atoms with Crippen LogP contribution in [0, 0.1) is 5.92 Å². The average molecular weight is 369 g/mol. The molecule has 0 radical (unpaired) electrons. The van der Waals surface area contributed by atoms with E-state index in [1.54, 1.807) is 13.3 Å². The number of pyridine rings is 1. The van der Waals surface area contributed by atoms with Crippen molar-refractivity contribution in [3.05, 3.63) is 36.2 Å². The topological polar surface area (TPSA) is 89.0 Å². The van der Waals surface area contributed by atoms with Crippen LogP contribution in [0.1, 0.15) is 31.4 Å². The molecule has 1 aliphatic rings. The van der Waals surface area contributed by atoms with Gasteiger partial charge in [-0.15, -0.1) is 0 Å². The maximum atomic E-state index is 12.4. The second-order valence-corrected chi connectivity index (χ2v) is 6.78. The number of hydrogen-bond donors (Lipinski definition) is 2. The number of aromatic nitrogens is 3. The van der Waals surface area contributed by atoms with Crippen molar-refractivity contribution in [1.29, 1.82) is 0 Å². The van der Waals surface area contributed by atoms with E-state index in [1.165, 1.54) is 0 Å². The standard InChI is InChI=1S/C20H27N5O2/c1-21-18-13-15(24-19(25-18)17-5-3-4-11-22-17)10-12-23-20(26)14-6-8-16(27-2)9-7-14/h3-5,11,13-14,16H,6-10,12H2,1-2H3,(H,23,26)(H,21,24,25). The van der Waals surface area contributed by atoms with Gasteiger partial charge in [0.05, 0.1) is 6.10 Å². The maximum absolute atomic E-state index is 12.4. The molecule has 0 bridgehead atoms. The molecule has 2 aromatic heterocycles. The zero-order valence-corrected chi connectivity index (χ0v) is 15.9. The Hall–Kier alpha value is -2.54. The summed E-state index contributed by atoms with van der Waals surface area (Å²) in [5.41, 5.74) is 1.60. The molecule has 0 spiro atoms. The van der Waals surface area contributed by atoms with E-state index in [-0.39, 0.29) is 11.8 Å². The summed E-state index contributed by atoms with van der Waals surface area (Å²) in [5.74, 6) is 1.56. The van der Waals surface area contributed by atoms with Gasteiger partial charge in [0.15, 0.2) is 5.82 Å². The van der Waals surface area contributed by atoms with Crippen molar-refractivity contribution < 1.29 is 9.53 Å². The van der Waals surface area contributed by atoms with Crippen LogP contribution in [-0.4, -0.2) is 47.7 Å². The fourth-order valence-corrected chi connectivity index (χ4v) is 3.38. The molecule has 1 amide bonds. The Morgan fingerprint density at radius 2 is 2.04 bits per heavy atom. The SMILES string of the molecule is CNc1cc(CCNC(=O)C2CCC(OC)CC2)nc(-c2ccccn2)n1. The highest BCUT2D eigenvalue weighted by Gasteiger charge is 2.25. The molecular formula is C20H27N5O2. The van der Waals surface area contributed by atoms with Crippen LogP contribution in [0.15, 0.2) is 30.5 Å². The van der Waals surface area contributed by atoms with Gasteiger partial charge >= 0.3 is 0 Å². The van der Waals surface area contributed by atoms with Gasteiger partial charge in [0, 0.05) is 51.0 Å². The molecule has 2 N–H and O–H groups in total. The molecule has 0 unspecified atom stereocenters. The molecule has 27 heavy (non-hydrogen) atoms. The number of ether oxygens (including phenoxy) is 1. The predicted molar refractivity (Wildman–Crippen MR) is 104 cm³/mol. The highest BCUT2D eigenvalue weighted by molar-refractivity contribution is 5.78. The minimum atomic E-state index is 0.0961. The van der Waals surface area contributed by atoms with Gasteiger partial charge in [-0.3, -0.25) is 9.78 Å². The van der Waals surface area contributed by atoms with E-state index in [0.29, 0.717) is 24.9 Å². The molecule has 0 saturated heterocycles. The number of carbonyl (C=O) groups excluding carboxylic acids is 1. The zero-order valence-electron chi connectivity index (χ0n) is 15.9. The van der Waals surface area contributed by atoms with E-state index < -0.39 is 0 Å². The van der Waals surface area contributed by atoms with Crippen molar-refractivity contribution in [2.45, 2.75) is 38.2 Å². The third-order valence-corrected chi connectivity index (χ3v) is 4.99. The summed E-state index contributed by atoms with van der Waals surface area (Å²) in [6, 6.07) is 7.57. The van der Waals surface area contributed by atoms with Crippen LogP contribution in [0.4, 0.5) is 5.82 Å². The van der Waals surface area contributed by atoms with E-state index in [4.69, 9.17) is 4.74 Å². The van der Waals surface area contributed by atoms with Crippen LogP contribution in [0.2, 0.25) is 0 Å². The second-order valence-electron chi connectivity index (χ2n) is 6.78. The highest BCUT2D eigenvalue weighted by Crippen LogP contribution is 2.25. The molecule has 3 rings (SSSR count). The Morgan fingerprint density at radius 3 is 2.70 bits per heavy atom. The smallest absolute Gasteiger partial charge is 0.223 e. The summed E-state index contributed by atoms with van der Waals surface area (Å²) in [5, 5.41) is 6.11. The number of nitrogens with zero attached hydrogens (tertiary/aromatic N) is 3. The first-order chi connectivity index (χ1) is 13.2. The van der Waals surface area contributed by atoms with Crippen molar-refractivity contribution >= 4 is 11.7 Å². The second kappa shape index (κ2) is 9.41. The first-order valence-corrected chi connectivity index (χ1v) is 9.47. The van der Waals surface area contributed by atoms with Crippen molar-refractivity contribution in [2.24, 2.45) is 5.92 Å². The zero-order chi connectivity index (χ0) is 19.1. The fraction of sp³-hybridized carbons (Fsp3) is 0.500. The Kier molecular flexibility index (Phi) is 6.70. The van der Waals surface area contributed by atoms with Crippen molar-refractivity contribution in [3.8, 4) is 11.5 Å². The minimum absolute atomic E-state index is 0.0961. The minimum Gasteiger partial charge on any atom is -0.381 e. The summed E-state index contributed by atoms with van der Waals surface area (Å²) in [7, 11) is 3.57. The summed E-state index contributed by atoms with van der Waals surface area (Å²) >= 11 is 0. The number of anilines is 1. The number of methoxy groups -OCH3 is 1. The van der Waals surface area contributed by atoms with Crippen LogP contribution >= 0.6 is 0 Å². The van der Waals surface area contributed by atoms with E-state index in [0.717, 1.165) is 42.9 Å². The molecule has 2 aromatic rings. The summed E-state index contributed by atoms with van der Waals surface area (Å²) in [6.07, 6.45) is 6.38. The first-order valence-electron chi connectivity index (χ1n) is 9.47. The fourth-order valence-electron chi connectivity index (χ4n) is 3.38. The van der Waals surface area contributed by atoms with Gasteiger partial charge < -0.3 is 15.4 Å². The van der Waals surface area contributed by atoms with Gasteiger partial charge in [0.1, 0.15) is 11.5 Å². The van der Waals surface area contributed by atoms with E-state index >= 15 is 0 Å². The van der Waals surface area contributed by atoms with Gasteiger partial charge in [-0.1, -0.05) is 6.07 Å². The first kappa shape index (κ1) is 19.2. The molecule has 2 heterocycles. The molecule has 0 aromatic carbocycles. The molecule has 1 fully saturated rings. The molecule has 1 saturated carbocycles. The number of carbonyl (C=O) groups is 1. The Balaban J connectivity index is 1.57. The van der Waals surface area contributed by atoms with Crippen molar-refractivity contribution in [1.82, 2.24) is 20.3 Å². The van der Waals surface area contributed by atoms with E-state index in [2.05, 4.69) is 25.6 Å². The van der Waals surface area contributed by atoms with Crippen LogP contribution in [0.3, 0.4) is 0 Å². The lowest BCUT2D eigenvalue weighted by Gasteiger charge is -2.26. The largest absolute Gasteiger partial charge is 0.381 e. The van der Waals surface area contributed by atoms with Crippen molar-refractivity contribution in [2.75, 3.05) is 26.0 Å². The maximum Gasteiger partial charge on any atom is 0.223 e. The third-order valence-electron chi connectivity index (χ3n) is 4.99. The number of amides is 1. The monoisotopic (exact) mass is 369 g/mol. The van der Waals surface area contributed by atoms with Gasteiger partial charge in [-0.05, 0) is 37.8 Å². The number of rotatable bonds is 7. The van der Waals surface area contributed by atoms with Crippen LogP contribution in [0.25, 0.3) is 11.5 Å². The molecule has 144 valence electrons. The molecule has 7 heteroatoms. The quantitative estimate of drug-likeness (QED) is 0.779. The lowest BCUT2D eigenvalue weighted by Crippen LogP contribution is -2.35. The number of nitrogens with one attached hydrogen (secondary N) is 2. The van der Waals surface area contributed by atoms with Gasteiger partial charge in [0.2, 0.25) is 5.91 Å². The normalized spacial score (nSPS) is 19.5. The predicted octanol–water partition coefficient (Wildman–Crippen LogP) is 2.44. The molecule has 0 aliphatic heterocycles. The van der Waals surface area contributed by atoms with Crippen LogP contribution in [0.5, 0.6) is 0 Å². The molecule has 1 aliphatic carbocycles. The van der Waals surface area contributed by atoms with E-state index in [1.807, 2.05) is 31.3 Å². The highest BCUT2D eigenvalue weighted by atomic mass is 16.5. The lowest BCUT2D eigenvalue weighted by atomic mass is 9.87. The lowest BCUT2D eigenvalue weighted by molar-refractivity contribution is -0.126. The summed E-state index contributed by atoms with van der Waals surface area (Å²) < 4.78 is 5.37. The Morgan fingerprint density at radius 1 is 1.22 bits per heavy atom. The molecular weight excluding hydrogens is 342 g/mol. The van der Waals surface area contributed by atoms with Crippen molar-refractivity contribution in [3.63, 3.8) is 0 Å². The Bertz CT molecular complexity index is 745. The van der Waals surface area contributed by atoms with Crippen LogP contribution < -0.4 is 10.6 Å².